The molecular formula is C25H27FN3O2+. The molecule has 0 spiro atoms. The van der Waals surface area contributed by atoms with E-state index in [2.05, 4.69) is 10.6 Å². The molecule has 0 fully saturated rings. The lowest BCUT2D eigenvalue weighted by molar-refractivity contribution is -0.885. The number of quaternary nitrogens is 1. The van der Waals surface area contributed by atoms with E-state index in [0.29, 0.717) is 17.8 Å². The van der Waals surface area contributed by atoms with Crippen LogP contribution in [0.4, 0.5) is 10.1 Å². The van der Waals surface area contributed by atoms with Crippen molar-refractivity contribution < 1.29 is 18.9 Å². The van der Waals surface area contributed by atoms with E-state index in [1.807, 2.05) is 44.3 Å². The SMILES string of the molecule is C[C@@H](NC(=O)c1ccccc1NC(=O)C[NH+](C)Cc1ccc(F)cc1)c1ccccc1. The molecule has 2 amide bonds. The Balaban J connectivity index is 1.60. The molecule has 0 aliphatic carbocycles. The van der Waals surface area contributed by atoms with Gasteiger partial charge in [0, 0.05) is 5.56 Å². The first kappa shape index (κ1) is 22.2. The topological polar surface area (TPSA) is 62.6 Å². The summed E-state index contributed by atoms with van der Waals surface area (Å²) in [5.41, 5.74) is 2.83. The van der Waals surface area contributed by atoms with Gasteiger partial charge in [0.15, 0.2) is 6.54 Å². The molecule has 0 aliphatic heterocycles. The second kappa shape index (κ2) is 10.5. The highest BCUT2D eigenvalue weighted by Crippen LogP contribution is 2.17. The van der Waals surface area contributed by atoms with Crippen molar-refractivity contribution >= 4 is 17.5 Å². The van der Waals surface area contributed by atoms with Crippen molar-refractivity contribution in [2.45, 2.75) is 19.5 Å². The van der Waals surface area contributed by atoms with E-state index in [0.717, 1.165) is 16.0 Å². The highest BCUT2D eigenvalue weighted by molar-refractivity contribution is 6.04. The van der Waals surface area contributed by atoms with Crippen LogP contribution in [0.25, 0.3) is 0 Å². The molecule has 0 radical (unpaired) electrons. The van der Waals surface area contributed by atoms with Crippen LogP contribution in [0.2, 0.25) is 0 Å². The number of nitrogens with one attached hydrogen (secondary N) is 3. The van der Waals surface area contributed by atoms with Crippen LogP contribution in [-0.4, -0.2) is 25.4 Å². The fraction of sp³-hybridized carbons (Fsp3) is 0.200. The highest BCUT2D eigenvalue weighted by Gasteiger charge is 2.17. The normalized spacial score (nSPS) is 12.6. The van der Waals surface area contributed by atoms with Crippen LogP contribution in [0.15, 0.2) is 78.9 Å². The second-order valence-electron chi connectivity index (χ2n) is 7.64. The van der Waals surface area contributed by atoms with Gasteiger partial charge in [-0.3, -0.25) is 9.59 Å². The third-order valence-corrected chi connectivity index (χ3v) is 4.97. The number of carbonyl (C=O) groups excluding carboxylic acids is 2. The zero-order valence-corrected chi connectivity index (χ0v) is 17.7. The minimum absolute atomic E-state index is 0.163. The van der Waals surface area contributed by atoms with Gasteiger partial charge >= 0.3 is 0 Å². The molecular weight excluding hydrogens is 393 g/mol. The first-order valence-corrected chi connectivity index (χ1v) is 10.2. The second-order valence-corrected chi connectivity index (χ2v) is 7.64. The van der Waals surface area contributed by atoms with Crippen LogP contribution < -0.4 is 15.5 Å². The fourth-order valence-electron chi connectivity index (χ4n) is 3.37. The van der Waals surface area contributed by atoms with Gasteiger partial charge in [-0.25, -0.2) is 4.39 Å². The molecule has 0 saturated carbocycles. The molecule has 160 valence electrons. The summed E-state index contributed by atoms with van der Waals surface area (Å²) in [6.07, 6.45) is 0. The maximum Gasteiger partial charge on any atom is 0.279 e. The number of likely N-dealkylation sites (N-methyl/N-ethyl adjacent to an activating group) is 1. The van der Waals surface area contributed by atoms with Crippen molar-refractivity contribution in [1.82, 2.24) is 5.32 Å². The lowest BCUT2D eigenvalue weighted by atomic mass is 10.1. The summed E-state index contributed by atoms with van der Waals surface area (Å²) in [7, 11) is 1.89. The minimum Gasteiger partial charge on any atom is -0.345 e. The smallest absolute Gasteiger partial charge is 0.279 e. The van der Waals surface area contributed by atoms with Crippen LogP contribution in [0, 0.1) is 5.82 Å². The minimum atomic E-state index is -0.282. The molecule has 0 heterocycles. The first-order valence-electron chi connectivity index (χ1n) is 10.2. The van der Waals surface area contributed by atoms with Crippen molar-refractivity contribution in [3.8, 4) is 0 Å². The van der Waals surface area contributed by atoms with Crippen molar-refractivity contribution in [1.29, 1.82) is 0 Å². The standard InChI is InChI=1S/C25H26FN3O2/c1-18(20-8-4-3-5-9-20)27-25(31)22-10-6-7-11-23(22)28-24(30)17-29(2)16-19-12-14-21(26)15-13-19/h3-15,18H,16-17H2,1-2H3,(H,27,31)(H,28,30)/p+1/t18-/m1/s1. The molecule has 0 aliphatic rings. The van der Waals surface area contributed by atoms with E-state index >= 15 is 0 Å². The van der Waals surface area contributed by atoms with E-state index in [4.69, 9.17) is 0 Å². The van der Waals surface area contributed by atoms with E-state index in [9.17, 15) is 14.0 Å². The number of hydrogen-bond donors (Lipinski definition) is 3. The summed E-state index contributed by atoms with van der Waals surface area (Å²) in [5.74, 6) is -0.731. The number of benzene rings is 3. The van der Waals surface area contributed by atoms with Gasteiger partial charge in [-0.1, -0.05) is 54.6 Å². The first-order chi connectivity index (χ1) is 14.9. The maximum absolute atomic E-state index is 13.1. The zero-order chi connectivity index (χ0) is 22.2. The molecule has 31 heavy (non-hydrogen) atoms. The van der Waals surface area contributed by atoms with Crippen LogP contribution in [0.1, 0.15) is 34.5 Å². The van der Waals surface area contributed by atoms with Gasteiger partial charge in [-0.2, -0.15) is 0 Å². The van der Waals surface area contributed by atoms with E-state index in [-0.39, 0.29) is 30.2 Å². The Hall–Kier alpha value is -3.51. The Bertz CT molecular complexity index is 1020. The van der Waals surface area contributed by atoms with E-state index < -0.39 is 0 Å². The summed E-state index contributed by atoms with van der Waals surface area (Å²) in [4.78, 5) is 26.3. The van der Waals surface area contributed by atoms with Gasteiger partial charge < -0.3 is 15.5 Å². The maximum atomic E-state index is 13.1. The Morgan fingerprint density at radius 1 is 0.935 bits per heavy atom. The number of amides is 2. The number of anilines is 1. The molecule has 1 unspecified atom stereocenters. The number of rotatable bonds is 8. The lowest BCUT2D eigenvalue weighted by Gasteiger charge is -2.17. The molecule has 6 heteroatoms. The monoisotopic (exact) mass is 420 g/mol. The summed E-state index contributed by atoms with van der Waals surface area (Å²) in [6.45, 7) is 2.72. The van der Waals surface area contributed by atoms with Crippen molar-refractivity contribution in [2.24, 2.45) is 0 Å². The van der Waals surface area contributed by atoms with Crippen LogP contribution in [0.5, 0.6) is 0 Å². The third kappa shape index (κ3) is 6.49. The van der Waals surface area contributed by atoms with Gasteiger partial charge in [-0.15, -0.1) is 0 Å². The van der Waals surface area contributed by atoms with Gasteiger partial charge in [-0.05, 0) is 36.8 Å². The number of hydrogen-bond acceptors (Lipinski definition) is 2. The summed E-state index contributed by atoms with van der Waals surface area (Å²) < 4.78 is 13.1. The van der Waals surface area contributed by atoms with E-state index in [1.54, 1.807) is 36.4 Å². The zero-order valence-electron chi connectivity index (χ0n) is 17.7. The number of para-hydroxylation sites is 1. The van der Waals surface area contributed by atoms with Crippen LogP contribution >= 0.6 is 0 Å². The van der Waals surface area contributed by atoms with Crippen LogP contribution in [-0.2, 0) is 11.3 Å². The third-order valence-electron chi connectivity index (χ3n) is 4.97. The Kier molecular flexibility index (Phi) is 7.51. The molecule has 5 nitrogen and oxygen atoms in total. The fourth-order valence-corrected chi connectivity index (χ4v) is 3.37. The average Bonchev–Trinajstić information content (AvgIpc) is 2.76. The Labute approximate surface area is 181 Å². The summed E-state index contributed by atoms with van der Waals surface area (Å²) in [5, 5.41) is 5.83. The molecule has 2 atom stereocenters. The highest BCUT2D eigenvalue weighted by atomic mass is 19.1. The van der Waals surface area contributed by atoms with Gasteiger partial charge in [0.2, 0.25) is 0 Å². The molecule has 0 bridgehead atoms. The molecule has 3 N–H and O–H groups in total. The lowest BCUT2D eigenvalue weighted by Crippen LogP contribution is -3.08. The predicted molar refractivity (Wildman–Crippen MR) is 119 cm³/mol. The molecule has 3 rings (SSSR count). The number of halogens is 1. The quantitative estimate of drug-likeness (QED) is 0.525. The predicted octanol–water partition coefficient (Wildman–Crippen LogP) is 2.97. The molecule has 0 aromatic heterocycles. The van der Waals surface area contributed by atoms with Gasteiger partial charge in [0.25, 0.3) is 11.8 Å². The Morgan fingerprint density at radius 3 is 2.29 bits per heavy atom. The largest absolute Gasteiger partial charge is 0.345 e. The van der Waals surface area contributed by atoms with E-state index in [1.165, 1.54) is 12.1 Å². The molecule has 3 aromatic carbocycles. The number of carbonyl (C=O) groups is 2. The van der Waals surface area contributed by atoms with Crippen molar-refractivity contribution in [3.63, 3.8) is 0 Å². The van der Waals surface area contributed by atoms with Crippen molar-refractivity contribution in [2.75, 3.05) is 18.9 Å². The van der Waals surface area contributed by atoms with Gasteiger partial charge in [0.1, 0.15) is 12.4 Å². The van der Waals surface area contributed by atoms with Crippen LogP contribution in [0.3, 0.4) is 0 Å². The van der Waals surface area contributed by atoms with Crippen molar-refractivity contribution in [3.05, 3.63) is 101 Å². The van der Waals surface area contributed by atoms with Gasteiger partial charge in [0.05, 0.1) is 24.3 Å². The Morgan fingerprint density at radius 2 is 1.58 bits per heavy atom. The summed E-state index contributed by atoms with van der Waals surface area (Å²) >= 11 is 0. The molecule has 0 saturated heterocycles. The molecule has 3 aromatic rings. The summed E-state index contributed by atoms with van der Waals surface area (Å²) in [6, 6.07) is 22.7. The average molecular weight is 421 g/mol.